The van der Waals surface area contributed by atoms with E-state index in [4.69, 9.17) is 0 Å². The van der Waals surface area contributed by atoms with Crippen LogP contribution in [0.4, 0.5) is 0 Å². The van der Waals surface area contributed by atoms with E-state index in [1.807, 2.05) is 0 Å². The van der Waals surface area contributed by atoms with Crippen LogP contribution < -0.4 is 0 Å². The lowest BCUT2D eigenvalue weighted by Gasteiger charge is -1.98. The zero-order valence-electron chi connectivity index (χ0n) is 7.09. The van der Waals surface area contributed by atoms with Gasteiger partial charge in [-0.3, -0.25) is 4.57 Å². The minimum Gasteiger partial charge on any atom is -0.252 e. The maximum atomic E-state index is 11.4. The van der Waals surface area contributed by atoms with Gasteiger partial charge in [0.25, 0.3) is 0 Å². The van der Waals surface area contributed by atoms with Gasteiger partial charge in [-0.15, -0.1) is 0 Å². The van der Waals surface area contributed by atoms with Crippen molar-refractivity contribution < 1.29 is 22.3 Å². The minimum absolute atomic E-state index is 0.0663. The van der Waals surface area contributed by atoms with Crippen molar-refractivity contribution in [2.45, 2.75) is 6.92 Å². The first-order valence-electron chi connectivity index (χ1n) is 3.20. The predicted molar refractivity (Wildman–Crippen MR) is 47.4 cm³/mol. The topological polar surface area (TPSA) is 69.7 Å². The molecule has 0 saturated carbocycles. The molecule has 2 atom stereocenters. The monoisotopic (exact) mass is 232 g/mol. The minimum atomic E-state index is -3.38. The molecule has 0 aliphatic heterocycles. The predicted octanol–water partition coefficient (Wildman–Crippen LogP) is 2.98. The van der Waals surface area contributed by atoms with Crippen molar-refractivity contribution in [1.29, 1.82) is 0 Å². The molecule has 0 amide bonds. The quantitative estimate of drug-likeness (QED) is 0.681. The lowest BCUT2D eigenvalue weighted by atomic mass is 11.0. The van der Waals surface area contributed by atoms with Gasteiger partial charge in [0.2, 0.25) is 0 Å². The first-order valence-corrected chi connectivity index (χ1v) is 8.17. The molecule has 0 rings (SSSR count). The van der Waals surface area contributed by atoms with Crippen molar-refractivity contribution in [3.63, 3.8) is 0 Å². The van der Waals surface area contributed by atoms with Crippen LogP contribution in [0.15, 0.2) is 0 Å². The summed E-state index contributed by atoms with van der Waals surface area (Å²) >= 11 is 0. The van der Waals surface area contributed by atoms with Crippen molar-refractivity contribution in [2.75, 3.05) is 19.5 Å². The Bertz CT molecular complexity index is 217. The molecule has 0 bridgehead atoms. The molecule has 0 aliphatic rings. The highest BCUT2D eigenvalue weighted by molar-refractivity contribution is 7.66. The van der Waals surface area contributed by atoms with Crippen molar-refractivity contribution in [1.82, 2.24) is 0 Å². The summed E-state index contributed by atoms with van der Waals surface area (Å²) in [5.41, 5.74) is 0. The second kappa shape index (κ2) is 5.16. The summed E-state index contributed by atoms with van der Waals surface area (Å²) in [5, 5.41) is 0. The SMILES string of the molecule is CCP(=O)(O[P+](C)=O)O[P+](C)=O. The maximum absolute atomic E-state index is 11.4. The lowest BCUT2D eigenvalue weighted by Crippen LogP contribution is -1.87. The molecular weight excluding hydrogens is 221 g/mol. The van der Waals surface area contributed by atoms with Gasteiger partial charge in [-0.25, -0.2) is 0 Å². The van der Waals surface area contributed by atoms with Crippen LogP contribution in [-0.4, -0.2) is 19.5 Å². The summed E-state index contributed by atoms with van der Waals surface area (Å²) in [5.74, 6) is 0. The number of hydrogen-bond acceptors (Lipinski definition) is 5. The van der Waals surface area contributed by atoms with Crippen LogP contribution in [0.25, 0.3) is 0 Å². The Balaban J connectivity index is 4.35. The third kappa shape index (κ3) is 5.08. The Morgan fingerprint density at radius 3 is 1.67 bits per heavy atom. The second-order valence-electron chi connectivity index (χ2n) is 1.97. The maximum Gasteiger partial charge on any atom is 0.513 e. The molecule has 0 saturated heterocycles. The molecule has 0 spiro atoms. The summed E-state index contributed by atoms with van der Waals surface area (Å²) in [4.78, 5) is 0. The Morgan fingerprint density at radius 2 is 1.50 bits per heavy atom. The molecule has 70 valence electrons. The van der Waals surface area contributed by atoms with Gasteiger partial charge in [0.05, 0.1) is 6.16 Å². The Labute approximate surface area is 73.1 Å². The summed E-state index contributed by atoms with van der Waals surface area (Å²) in [7, 11) is -7.36. The van der Waals surface area contributed by atoms with Crippen LogP contribution in [0.5, 0.6) is 0 Å². The highest BCUT2D eigenvalue weighted by atomic mass is 31.3. The van der Waals surface area contributed by atoms with E-state index in [1.165, 1.54) is 13.3 Å². The van der Waals surface area contributed by atoms with Gasteiger partial charge in [0.15, 0.2) is 13.3 Å². The van der Waals surface area contributed by atoms with Gasteiger partial charge < -0.3 is 0 Å². The average Bonchev–Trinajstić information content (AvgIpc) is 1.83. The fraction of sp³-hybridized carbons (Fsp3) is 1.00. The van der Waals surface area contributed by atoms with E-state index in [9.17, 15) is 13.7 Å². The molecular formula is C4H11O5P3+2. The summed E-state index contributed by atoms with van der Waals surface area (Å²) in [6.45, 7) is 4.09. The van der Waals surface area contributed by atoms with Gasteiger partial charge in [-0.05, 0) is 9.13 Å². The van der Waals surface area contributed by atoms with Crippen molar-refractivity contribution in [2.24, 2.45) is 0 Å². The number of rotatable bonds is 5. The highest BCUT2D eigenvalue weighted by Crippen LogP contribution is 2.59. The van der Waals surface area contributed by atoms with Crippen LogP contribution >= 0.6 is 23.7 Å². The third-order valence-electron chi connectivity index (χ3n) is 0.866. The fourth-order valence-corrected chi connectivity index (χ4v) is 4.60. The van der Waals surface area contributed by atoms with Gasteiger partial charge in [0, 0.05) is 0 Å². The molecule has 0 aromatic carbocycles. The molecule has 0 aliphatic carbocycles. The van der Waals surface area contributed by atoms with E-state index < -0.39 is 23.7 Å². The number of hydrogen-bond donors (Lipinski definition) is 0. The molecule has 0 aromatic heterocycles. The Hall–Kier alpha value is 0.350. The summed E-state index contributed by atoms with van der Waals surface area (Å²) in [6, 6.07) is 0. The molecule has 0 radical (unpaired) electrons. The van der Waals surface area contributed by atoms with Gasteiger partial charge in [-0.1, -0.05) is 15.5 Å². The first-order chi connectivity index (χ1) is 5.39. The van der Waals surface area contributed by atoms with E-state index in [-0.39, 0.29) is 6.16 Å². The van der Waals surface area contributed by atoms with Crippen LogP contribution in [0.1, 0.15) is 6.92 Å². The van der Waals surface area contributed by atoms with Gasteiger partial charge in [0.1, 0.15) is 0 Å². The molecule has 5 nitrogen and oxygen atoms in total. The average molecular weight is 232 g/mol. The molecule has 0 aromatic rings. The van der Waals surface area contributed by atoms with E-state index in [0.717, 1.165) is 0 Å². The summed E-state index contributed by atoms with van der Waals surface area (Å²) in [6.07, 6.45) is 0.0663. The molecule has 0 N–H and O–H groups in total. The lowest BCUT2D eigenvalue weighted by molar-refractivity contribution is 0.396. The largest absolute Gasteiger partial charge is 0.513 e. The Kier molecular flexibility index (Phi) is 5.31. The normalized spacial score (nSPS) is 18.2. The molecule has 2 unspecified atom stereocenters. The van der Waals surface area contributed by atoms with Crippen molar-refractivity contribution in [3.05, 3.63) is 0 Å². The zero-order valence-corrected chi connectivity index (χ0v) is 9.77. The van der Waals surface area contributed by atoms with E-state index in [0.29, 0.717) is 0 Å². The molecule has 0 fully saturated rings. The van der Waals surface area contributed by atoms with Gasteiger partial charge >= 0.3 is 23.7 Å². The highest BCUT2D eigenvalue weighted by Gasteiger charge is 2.39. The van der Waals surface area contributed by atoms with E-state index >= 15 is 0 Å². The van der Waals surface area contributed by atoms with Crippen LogP contribution in [-0.2, 0) is 22.3 Å². The summed E-state index contributed by atoms with van der Waals surface area (Å²) < 4.78 is 41.7. The van der Waals surface area contributed by atoms with Crippen LogP contribution in [0.3, 0.4) is 0 Å². The van der Waals surface area contributed by atoms with Gasteiger partial charge in [-0.2, -0.15) is 0 Å². The Morgan fingerprint density at radius 1 is 1.17 bits per heavy atom. The van der Waals surface area contributed by atoms with Crippen LogP contribution in [0, 0.1) is 0 Å². The third-order valence-corrected chi connectivity index (χ3v) is 5.47. The molecule has 12 heavy (non-hydrogen) atoms. The standard InChI is InChI=1S/C4H11O5P3/c1-4-12(7,8-10(2)5)9-11(3)6/h4H2,1-3H3/q+2. The van der Waals surface area contributed by atoms with E-state index in [2.05, 4.69) is 8.62 Å². The van der Waals surface area contributed by atoms with Crippen LogP contribution in [0.2, 0.25) is 0 Å². The fourth-order valence-electron chi connectivity index (χ4n) is 0.481. The van der Waals surface area contributed by atoms with E-state index in [1.54, 1.807) is 6.92 Å². The van der Waals surface area contributed by atoms with Crippen molar-refractivity contribution >= 4 is 23.7 Å². The van der Waals surface area contributed by atoms with Crippen molar-refractivity contribution in [3.8, 4) is 0 Å². The molecule has 0 heterocycles. The zero-order chi connectivity index (χ0) is 9.78. The second-order valence-corrected chi connectivity index (χ2v) is 6.89. The first kappa shape index (κ1) is 12.3. The smallest absolute Gasteiger partial charge is 0.252 e. The molecule has 8 heteroatoms.